The number of methoxy groups -OCH3 is 1. The van der Waals surface area contributed by atoms with Gasteiger partial charge in [0.2, 0.25) is 0 Å². The minimum absolute atomic E-state index is 0.357. The lowest BCUT2D eigenvalue weighted by Gasteiger charge is -2.34. The van der Waals surface area contributed by atoms with Crippen molar-refractivity contribution >= 4 is 5.69 Å². The second kappa shape index (κ2) is 8.19. The van der Waals surface area contributed by atoms with Crippen molar-refractivity contribution in [1.82, 2.24) is 10.3 Å². The van der Waals surface area contributed by atoms with Gasteiger partial charge in [-0.05, 0) is 37.9 Å². The van der Waals surface area contributed by atoms with Gasteiger partial charge in [0.05, 0.1) is 12.7 Å². The molecule has 0 spiro atoms. The average molecular weight is 279 g/mol. The van der Waals surface area contributed by atoms with E-state index >= 15 is 0 Å². The van der Waals surface area contributed by atoms with Crippen LogP contribution in [0.3, 0.4) is 0 Å². The van der Waals surface area contributed by atoms with E-state index in [0.717, 1.165) is 38.9 Å². The fraction of sp³-hybridized carbons (Fsp3) is 0.667. The highest BCUT2D eigenvalue weighted by molar-refractivity contribution is 5.44. The lowest BCUT2D eigenvalue weighted by molar-refractivity contribution is 0.0588. The van der Waals surface area contributed by atoms with Gasteiger partial charge in [-0.25, -0.2) is 0 Å². The van der Waals surface area contributed by atoms with Gasteiger partial charge in [-0.2, -0.15) is 0 Å². The van der Waals surface area contributed by atoms with E-state index < -0.39 is 0 Å². The molecular formula is C15H25N3O2. The van der Waals surface area contributed by atoms with Crippen molar-refractivity contribution in [3.8, 4) is 0 Å². The first-order valence-electron chi connectivity index (χ1n) is 7.35. The Labute approximate surface area is 121 Å². The Balaban J connectivity index is 1.65. The van der Waals surface area contributed by atoms with Crippen molar-refractivity contribution in [2.75, 3.05) is 38.3 Å². The zero-order valence-corrected chi connectivity index (χ0v) is 12.2. The topological polar surface area (TPSA) is 57.6 Å². The first-order valence-corrected chi connectivity index (χ1v) is 7.35. The number of anilines is 1. The van der Waals surface area contributed by atoms with E-state index in [9.17, 15) is 5.11 Å². The summed E-state index contributed by atoms with van der Waals surface area (Å²) < 4.78 is 4.92. The third-order valence-corrected chi connectivity index (χ3v) is 3.79. The fourth-order valence-electron chi connectivity index (χ4n) is 2.63. The number of nitrogens with zero attached hydrogens (tertiary/aromatic N) is 2. The highest BCUT2D eigenvalue weighted by Crippen LogP contribution is 2.18. The summed E-state index contributed by atoms with van der Waals surface area (Å²) in [6.07, 6.45) is 6.36. The molecule has 1 aromatic heterocycles. The molecule has 20 heavy (non-hydrogen) atoms. The van der Waals surface area contributed by atoms with Crippen LogP contribution < -0.4 is 10.2 Å². The van der Waals surface area contributed by atoms with Crippen LogP contribution in [0, 0.1) is 0 Å². The molecule has 0 aromatic carbocycles. The van der Waals surface area contributed by atoms with Crippen LogP contribution in [-0.2, 0) is 4.74 Å². The molecule has 1 aliphatic heterocycles. The summed E-state index contributed by atoms with van der Waals surface area (Å²) in [5, 5.41) is 13.1. The summed E-state index contributed by atoms with van der Waals surface area (Å²) in [7, 11) is 1.62. The van der Waals surface area contributed by atoms with Gasteiger partial charge < -0.3 is 20.1 Å². The maximum Gasteiger partial charge on any atom is 0.0785 e. The summed E-state index contributed by atoms with van der Waals surface area (Å²) in [5.74, 6) is 0. The van der Waals surface area contributed by atoms with Gasteiger partial charge in [-0.3, -0.25) is 4.98 Å². The van der Waals surface area contributed by atoms with Crippen molar-refractivity contribution in [3.05, 3.63) is 24.5 Å². The standard InChI is InChI=1S/C15H25N3O2/c1-20-12-15(19)4-9-17-13-5-10-18(11-6-13)14-2-7-16-8-3-14/h2-3,7-8,13,15,17,19H,4-6,9-12H2,1H3. The predicted octanol–water partition coefficient (Wildman–Crippen LogP) is 1.04. The second-order valence-corrected chi connectivity index (χ2v) is 5.32. The number of ether oxygens (including phenoxy) is 1. The Hall–Kier alpha value is -1.17. The molecule has 112 valence electrons. The molecule has 1 fully saturated rings. The van der Waals surface area contributed by atoms with Gasteiger partial charge in [0.25, 0.3) is 0 Å². The number of hydrogen-bond donors (Lipinski definition) is 2. The number of aliphatic hydroxyl groups is 1. The predicted molar refractivity (Wildman–Crippen MR) is 80.0 cm³/mol. The highest BCUT2D eigenvalue weighted by Gasteiger charge is 2.18. The quantitative estimate of drug-likeness (QED) is 0.781. The van der Waals surface area contributed by atoms with Gasteiger partial charge in [0, 0.05) is 44.3 Å². The van der Waals surface area contributed by atoms with Crippen LogP contribution in [0.4, 0.5) is 5.69 Å². The van der Waals surface area contributed by atoms with E-state index in [1.807, 2.05) is 12.4 Å². The van der Waals surface area contributed by atoms with Crippen molar-refractivity contribution in [3.63, 3.8) is 0 Å². The summed E-state index contributed by atoms with van der Waals surface area (Å²) >= 11 is 0. The van der Waals surface area contributed by atoms with Gasteiger partial charge >= 0.3 is 0 Å². The van der Waals surface area contributed by atoms with Crippen molar-refractivity contribution in [2.24, 2.45) is 0 Å². The Morgan fingerprint density at radius 3 is 2.75 bits per heavy atom. The molecule has 1 unspecified atom stereocenters. The third kappa shape index (κ3) is 4.74. The molecular weight excluding hydrogens is 254 g/mol. The van der Waals surface area contributed by atoms with E-state index in [0.29, 0.717) is 12.6 Å². The molecule has 1 aliphatic rings. The molecule has 2 rings (SSSR count). The van der Waals surface area contributed by atoms with E-state index in [1.54, 1.807) is 7.11 Å². The number of pyridine rings is 1. The molecule has 5 heteroatoms. The first kappa shape index (κ1) is 15.2. The number of rotatable bonds is 7. The molecule has 0 aliphatic carbocycles. The number of nitrogens with one attached hydrogen (secondary N) is 1. The van der Waals surface area contributed by atoms with Gasteiger partial charge in [-0.1, -0.05) is 0 Å². The van der Waals surface area contributed by atoms with Crippen LogP contribution in [0.1, 0.15) is 19.3 Å². The number of aliphatic hydroxyl groups excluding tert-OH is 1. The summed E-state index contributed by atoms with van der Waals surface area (Å²) in [5.41, 5.74) is 1.26. The monoisotopic (exact) mass is 279 g/mol. The van der Waals surface area contributed by atoms with Gasteiger partial charge in [0.1, 0.15) is 0 Å². The lowest BCUT2D eigenvalue weighted by atomic mass is 10.0. The van der Waals surface area contributed by atoms with Gasteiger partial charge in [0.15, 0.2) is 0 Å². The number of aromatic nitrogens is 1. The van der Waals surface area contributed by atoms with Crippen molar-refractivity contribution in [2.45, 2.75) is 31.4 Å². The Bertz CT molecular complexity index is 367. The molecule has 1 saturated heterocycles. The third-order valence-electron chi connectivity index (χ3n) is 3.79. The smallest absolute Gasteiger partial charge is 0.0785 e. The zero-order chi connectivity index (χ0) is 14.2. The van der Waals surface area contributed by atoms with Crippen molar-refractivity contribution in [1.29, 1.82) is 0 Å². The van der Waals surface area contributed by atoms with Crippen molar-refractivity contribution < 1.29 is 9.84 Å². The molecule has 1 atom stereocenters. The maximum absolute atomic E-state index is 9.59. The summed E-state index contributed by atoms with van der Waals surface area (Å²) in [4.78, 5) is 6.46. The zero-order valence-electron chi connectivity index (χ0n) is 12.2. The SMILES string of the molecule is COCC(O)CCNC1CCN(c2ccncc2)CC1. The number of piperidine rings is 1. The second-order valence-electron chi connectivity index (χ2n) is 5.32. The van der Waals surface area contributed by atoms with Crippen LogP contribution in [0.25, 0.3) is 0 Å². The first-order chi connectivity index (χ1) is 9.79. The average Bonchev–Trinajstić information content (AvgIpc) is 2.49. The molecule has 1 aromatic rings. The van der Waals surface area contributed by atoms with Crippen LogP contribution in [0.15, 0.2) is 24.5 Å². The van der Waals surface area contributed by atoms with E-state index in [-0.39, 0.29) is 6.10 Å². The minimum atomic E-state index is -0.357. The highest BCUT2D eigenvalue weighted by atomic mass is 16.5. The Morgan fingerprint density at radius 1 is 1.40 bits per heavy atom. The molecule has 2 N–H and O–H groups in total. The van der Waals surface area contributed by atoms with Crippen LogP contribution in [0.2, 0.25) is 0 Å². The summed E-state index contributed by atoms with van der Waals surface area (Å²) in [6.45, 7) is 3.41. The Kier molecular flexibility index (Phi) is 6.24. The van der Waals surface area contributed by atoms with Crippen LogP contribution >= 0.6 is 0 Å². The minimum Gasteiger partial charge on any atom is -0.391 e. The molecule has 0 saturated carbocycles. The largest absolute Gasteiger partial charge is 0.391 e. The lowest BCUT2D eigenvalue weighted by Crippen LogP contribution is -2.43. The molecule has 0 radical (unpaired) electrons. The van der Waals surface area contributed by atoms with Gasteiger partial charge in [-0.15, -0.1) is 0 Å². The van der Waals surface area contributed by atoms with E-state index in [2.05, 4.69) is 27.3 Å². The number of hydrogen-bond acceptors (Lipinski definition) is 5. The molecule has 2 heterocycles. The van der Waals surface area contributed by atoms with E-state index in [1.165, 1.54) is 5.69 Å². The normalized spacial score (nSPS) is 18.2. The molecule has 5 nitrogen and oxygen atoms in total. The van der Waals surface area contributed by atoms with Crippen LogP contribution in [0.5, 0.6) is 0 Å². The molecule has 0 bridgehead atoms. The summed E-state index contributed by atoms with van der Waals surface area (Å²) in [6, 6.07) is 4.69. The maximum atomic E-state index is 9.59. The molecule has 0 amide bonds. The van der Waals surface area contributed by atoms with Crippen LogP contribution in [-0.4, -0.2) is 55.6 Å². The van der Waals surface area contributed by atoms with E-state index in [4.69, 9.17) is 4.74 Å². The Morgan fingerprint density at radius 2 is 2.10 bits per heavy atom. The fourth-order valence-corrected chi connectivity index (χ4v) is 2.63.